The van der Waals surface area contributed by atoms with Crippen molar-refractivity contribution in [3.8, 4) is 0 Å². The number of carbonyl (C=O) groups excluding carboxylic acids is 1. The molecule has 0 aromatic heterocycles. The lowest BCUT2D eigenvalue weighted by molar-refractivity contribution is 0.108. The molecule has 0 unspecified atom stereocenters. The summed E-state index contributed by atoms with van der Waals surface area (Å²) in [6, 6.07) is 5.61. The quantitative estimate of drug-likeness (QED) is 0.818. The van der Waals surface area contributed by atoms with Crippen LogP contribution in [-0.4, -0.2) is 57.0 Å². The molecule has 0 spiro atoms. The minimum absolute atomic E-state index is 0.123. The van der Waals surface area contributed by atoms with Crippen LogP contribution in [-0.2, 0) is 20.2 Å². The lowest BCUT2D eigenvalue weighted by Gasteiger charge is -2.33. The molecule has 1 aromatic rings. The number of methoxy groups -OCH3 is 1. The fourth-order valence-electron chi connectivity index (χ4n) is 2.72. The third-order valence-corrected chi connectivity index (χ3v) is 6.38. The second kappa shape index (κ2) is 6.72. The molecule has 0 aliphatic carbocycles. The number of nitrogens with zero attached hydrogens (tertiary/aromatic N) is 2. The van der Waals surface area contributed by atoms with Crippen molar-refractivity contribution in [1.82, 2.24) is 9.21 Å². The zero-order chi connectivity index (χ0) is 18.1. The molecule has 1 aliphatic heterocycles. The monoisotopic (exact) mass is 354 g/mol. The van der Waals surface area contributed by atoms with Crippen molar-refractivity contribution >= 4 is 16.1 Å². The first-order chi connectivity index (χ1) is 11.1. The predicted molar refractivity (Wildman–Crippen MR) is 92.6 cm³/mol. The van der Waals surface area contributed by atoms with Crippen LogP contribution < -0.4 is 0 Å². The Morgan fingerprint density at radius 1 is 1.12 bits per heavy atom. The Morgan fingerprint density at radius 3 is 2.21 bits per heavy atom. The van der Waals surface area contributed by atoms with Crippen LogP contribution in [0.1, 0.15) is 31.9 Å². The lowest BCUT2D eigenvalue weighted by atomic mass is 9.87. The highest BCUT2D eigenvalue weighted by Crippen LogP contribution is 2.28. The van der Waals surface area contributed by atoms with E-state index in [1.165, 1.54) is 16.3 Å². The van der Waals surface area contributed by atoms with Crippen LogP contribution in [0.3, 0.4) is 0 Å². The van der Waals surface area contributed by atoms with Crippen molar-refractivity contribution in [2.75, 3.05) is 33.3 Å². The van der Waals surface area contributed by atoms with E-state index < -0.39 is 16.1 Å². The summed E-state index contributed by atoms with van der Waals surface area (Å²) in [5, 5.41) is 0. The van der Waals surface area contributed by atoms with Gasteiger partial charge in [-0.2, -0.15) is 4.31 Å². The van der Waals surface area contributed by atoms with E-state index in [1.807, 2.05) is 19.1 Å². The molecule has 0 saturated carbocycles. The summed E-state index contributed by atoms with van der Waals surface area (Å²) >= 11 is 0. The van der Waals surface area contributed by atoms with Gasteiger partial charge in [-0.3, -0.25) is 0 Å². The Labute approximate surface area is 144 Å². The molecule has 0 N–H and O–H groups in total. The molecule has 0 bridgehead atoms. The number of piperazine rings is 1. The minimum atomic E-state index is -3.58. The number of sulfonamides is 1. The van der Waals surface area contributed by atoms with Gasteiger partial charge < -0.3 is 9.64 Å². The lowest BCUT2D eigenvalue weighted by Crippen LogP contribution is -2.50. The second-order valence-electron chi connectivity index (χ2n) is 7.09. The van der Waals surface area contributed by atoms with Gasteiger partial charge in [0.1, 0.15) is 0 Å². The van der Waals surface area contributed by atoms with Crippen molar-refractivity contribution in [2.24, 2.45) is 0 Å². The van der Waals surface area contributed by atoms with E-state index in [4.69, 9.17) is 0 Å². The summed E-state index contributed by atoms with van der Waals surface area (Å²) in [5.41, 5.74) is 1.60. The Balaban J connectivity index is 2.27. The van der Waals surface area contributed by atoms with Gasteiger partial charge in [0.15, 0.2) is 0 Å². The van der Waals surface area contributed by atoms with Gasteiger partial charge in [-0.25, -0.2) is 13.2 Å². The van der Waals surface area contributed by atoms with Crippen LogP contribution in [0.25, 0.3) is 0 Å². The predicted octanol–water partition coefficient (Wildman–Crippen LogP) is 2.37. The van der Waals surface area contributed by atoms with Crippen molar-refractivity contribution in [3.05, 3.63) is 29.3 Å². The van der Waals surface area contributed by atoms with E-state index in [9.17, 15) is 13.2 Å². The minimum Gasteiger partial charge on any atom is -0.453 e. The fourth-order valence-corrected chi connectivity index (χ4v) is 4.40. The number of carbonyl (C=O) groups is 1. The maximum absolute atomic E-state index is 13.0. The summed E-state index contributed by atoms with van der Waals surface area (Å²) in [6.07, 6.45) is -0.419. The smallest absolute Gasteiger partial charge is 0.409 e. The van der Waals surface area contributed by atoms with Crippen LogP contribution in [0.2, 0.25) is 0 Å². The highest BCUT2D eigenvalue weighted by Gasteiger charge is 2.32. The third-order valence-electron chi connectivity index (χ3n) is 4.34. The van der Waals surface area contributed by atoms with Crippen LogP contribution in [0.15, 0.2) is 23.1 Å². The average molecular weight is 354 g/mol. The zero-order valence-electron chi connectivity index (χ0n) is 15.0. The largest absolute Gasteiger partial charge is 0.453 e. The van der Waals surface area contributed by atoms with Crippen LogP contribution >= 0.6 is 0 Å². The van der Waals surface area contributed by atoms with Crippen LogP contribution in [0.5, 0.6) is 0 Å². The van der Waals surface area contributed by atoms with Gasteiger partial charge in [0.2, 0.25) is 10.0 Å². The van der Waals surface area contributed by atoms with E-state index in [0.29, 0.717) is 18.0 Å². The van der Waals surface area contributed by atoms with Crippen LogP contribution in [0, 0.1) is 6.92 Å². The number of hydrogen-bond donors (Lipinski definition) is 0. The van der Waals surface area contributed by atoms with Crippen molar-refractivity contribution in [1.29, 1.82) is 0 Å². The Kier molecular flexibility index (Phi) is 5.25. The van der Waals surface area contributed by atoms with Gasteiger partial charge in [0.25, 0.3) is 0 Å². The maximum atomic E-state index is 13.0. The number of aryl methyl sites for hydroxylation is 1. The first-order valence-electron chi connectivity index (χ1n) is 8.01. The van der Waals surface area contributed by atoms with E-state index >= 15 is 0 Å². The molecular weight excluding hydrogens is 328 g/mol. The molecule has 1 saturated heterocycles. The van der Waals surface area contributed by atoms with E-state index in [-0.39, 0.29) is 18.5 Å². The fraction of sp³-hybridized carbons (Fsp3) is 0.588. The molecule has 134 valence electrons. The van der Waals surface area contributed by atoms with E-state index in [0.717, 1.165) is 11.1 Å². The van der Waals surface area contributed by atoms with Gasteiger partial charge >= 0.3 is 6.09 Å². The van der Waals surface area contributed by atoms with Crippen molar-refractivity contribution in [3.63, 3.8) is 0 Å². The van der Waals surface area contributed by atoms with Crippen LogP contribution in [0.4, 0.5) is 4.79 Å². The SMILES string of the molecule is COC(=O)N1CCN(S(=O)(=O)c2cc(C(C)(C)C)ccc2C)CC1. The van der Waals surface area contributed by atoms with Gasteiger partial charge in [-0.05, 0) is 29.5 Å². The van der Waals surface area contributed by atoms with Gasteiger partial charge in [0, 0.05) is 26.2 Å². The normalized spacial score (nSPS) is 17.0. The number of rotatable bonds is 2. The summed E-state index contributed by atoms with van der Waals surface area (Å²) in [7, 11) is -2.25. The molecule has 7 heteroatoms. The molecule has 2 rings (SSSR count). The van der Waals surface area contributed by atoms with Gasteiger partial charge in [0.05, 0.1) is 12.0 Å². The highest BCUT2D eigenvalue weighted by atomic mass is 32.2. The van der Waals surface area contributed by atoms with Crippen molar-refractivity contribution < 1.29 is 17.9 Å². The molecule has 0 atom stereocenters. The Bertz CT molecular complexity index is 715. The summed E-state index contributed by atoms with van der Waals surface area (Å²) in [5.74, 6) is 0. The number of ether oxygens (including phenoxy) is 1. The number of amides is 1. The van der Waals surface area contributed by atoms with Gasteiger partial charge in [-0.15, -0.1) is 0 Å². The third kappa shape index (κ3) is 3.72. The topological polar surface area (TPSA) is 66.9 Å². The highest BCUT2D eigenvalue weighted by molar-refractivity contribution is 7.89. The van der Waals surface area contributed by atoms with Gasteiger partial charge in [-0.1, -0.05) is 32.9 Å². The zero-order valence-corrected chi connectivity index (χ0v) is 15.8. The van der Waals surface area contributed by atoms with Crippen molar-refractivity contribution in [2.45, 2.75) is 38.0 Å². The maximum Gasteiger partial charge on any atom is 0.409 e. The first-order valence-corrected chi connectivity index (χ1v) is 9.45. The summed E-state index contributed by atoms with van der Waals surface area (Å²) < 4.78 is 32.2. The Hall–Kier alpha value is -1.60. The first kappa shape index (κ1) is 18.7. The average Bonchev–Trinajstić information content (AvgIpc) is 2.53. The number of hydrogen-bond acceptors (Lipinski definition) is 4. The second-order valence-corrected chi connectivity index (χ2v) is 9.00. The van der Waals surface area contributed by atoms with E-state index in [2.05, 4.69) is 25.5 Å². The molecule has 1 heterocycles. The molecule has 1 aliphatic rings. The summed E-state index contributed by atoms with van der Waals surface area (Å²) in [6.45, 7) is 9.21. The molecule has 24 heavy (non-hydrogen) atoms. The molecular formula is C17H26N2O4S. The molecule has 1 amide bonds. The molecule has 1 fully saturated rings. The molecule has 6 nitrogen and oxygen atoms in total. The summed E-state index contributed by atoms with van der Waals surface area (Å²) in [4.78, 5) is 13.4. The Morgan fingerprint density at radius 2 is 1.71 bits per heavy atom. The molecule has 1 aromatic carbocycles. The standard InChI is InChI=1S/C17H26N2O4S/c1-13-6-7-14(17(2,3)4)12-15(13)24(21,22)19-10-8-18(9-11-19)16(20)23-5/h6-7,12H,8-11H2,1-5H3. The number of benzene rings is 1. The molecule has 0 radical (unpaired) electrons. The van der Waals surface area contributed by atoms with E-state index in [1.54, 1.807) is 6.07 Å².